The Kier molecular flexibility index (Phi) is 5.92. The second-order valence-electron chi connectivity index (χ2n) is 6.98. The Morgan fingerprint density at radius 1 is 1.00 bits per heavy atom. The van der Waals surface area contributed by atoms with Crippen molar-refractivity contribution in [1.29, 1.82) is 0 Å². The first-order valence-corrected chi connectivity index (χ1v) is 9.54. The van der Waals surface area contributed by atoms with Crippen molar-refractivity contribution < 1.29 is 13.6 Å². The summed E-state index contributed by atoms with van der Waals surface area (Å²) in [6.45, 7) is 3.99. The average Bonchev–Trinajstić information content (AvgIpc) is 3.19. The normalized spacial score (nSPS) is 15.3. The molecule has 150 valence electrons. The number of benzene rings is 2. The van der Waals surface area contributed by atoms with Gasteiger partial charge in [0.05, 0.1) is 13.1 Å². The smallest absolute Gasteiger partial charge is 0.247 e. The number of carbonyl (C=O) groups is 1. The van der Waals surface area contributed by atoms with Crippen LogP contribution in [0.2, 0.25) is 0 Å². The van der Waals surface area contributed by atoms with Gasteiger partial charge in [0.25, 0.3) is 0 Å². The van der Waals surface area contributed by atoms with Gasteiger partial charge in [0, 0.05) is 37.4 Å². The first-order valence-electron chi connectivity index (χ1n) is 9.54. The number of anilines is 1. The van der Waals surface area contributed by atoms with Gasteiger partial charge in [0.2, 0.25) is 17.7 Å². The van der Waals surface area contributed by atoms with Crippen LogP contribution in [0.15, 0.2) is 59.0 Å². The van der Waals surface area contributed by atoms with Crippen molar-refractivity contribution in [3.05, 3.63) is 66.3 Å². The molecule has 0 unspecified atom stereocenters. The van der Waals surface area contributed by atoms with E-state index in [2.05, 4.69) is 25.3 Å². The van der Waals surface area contributed by atoms with E-state index >= 15 is 0 Å². The third-order valence-corrected chi connectivity index (χ3v) is 4.79. The van der Waals surface area contributed by atoms with Crippen LogP contribution in [0.3, 0.4) is 0 Å². The summed E-state index contributed by atoms with van der Waals surface area (Å²) in [5.41, 5.74) is 1.37. The quantitative estimate of drug-likeness (QED) is 0.692. The molecule has 2 heterocycles. The zero-order valence-electron chi connectivity index (χ0n) is 15.9. The van der Waals surface area contributed by atoms with Crippen molar-refractivity contribution in [2.75, 3.05) is 38.0 Å². The highest BCUT2D eigenvalue weighted by Gasteiger charge is 2.21. The minimum absolute atomic E-state index is 0.145. The van der Waals surface area contributed by atoms with Gasteiger partial charge in [-0.15, -0.1) is 10.2 Å². The monoisotopic (exact) mass is 395 g/mol. The van der Waals surface area contributed by atoms with Crippen LogP contribution >= 0.6 is 0 Å². The second-order valence-corrected chi connectivity index (χ2v) is 6.98. The topological polar surface area (TPSA) is 74.5 Å². The predicted molar refractivity (Wildman–Crippen MR) is 106 cm³/mol. The fourth-order valence-electron chi connectivity index (χ4n) is 3.28. The van der Waals surface area contributed by atoms with Crippen LogP contribution in [0.25, 0.3) is 11.5 Å². The Morgan fingerprint density at radius 3 is 2.52 bits per heavy atom. The first kappa shape index (κ1) is 19.2. The van der Waals surface area contributed by atoms with E-state index < -0.39 is 0 Å². The number of rotatable bonds is 6. The number of halogens is 1. The van der Waals surface area contributed by atoms with Gasteiger partial charge in [-0.05, 0) is 30.3 Å². The summed E-state index contributed by atoms with van der Waals surface area (Å²) in [5, 5.41) is 11.0. The van der Waals surface area contributed by atoms with Gasteiger partial charge < -0.3 is 9.73 Å². The molecule has 8 heteroatoms. The standard InChI is InChI=1S/C21H22FN5O2/c22-17-7-4-8-18(13-17)23-19(28)14-26-9-11-27(12-10-26)15-20-24-25-21(29-20)16-5-2-1-3-6-16/h1-8,13H,9-12,14-15H2,(H,23,28). The molecule has 29 heavy (non-hydrogen) atoms. The molecule has 2 aromatic carbocycles. The molecular weight excluding hydrogens is 373 g/mol. The van der Waals surface area contributed by atoms with Gasteiger partial charge >= 0.3 is 0 Å². The third kappa shape index (κ3) is 5.24. The van der Waals surface area contributed by atoms with Crippen molar-refractivity contribution in [3.8, 4) is 11.5 Å². The maximum Gasteiger partial charge on any atom is 0.247 e. The summed E-state index contributed by atoms with van der Waals surface area (Å²) in [6.07, 6.45) is 0. The third-order valence-electron chi connectivity index (χ3n) is 4.79. The maximum absolute atomic E-state index is 13.2. The van der Waals surface area contributed by atoms with Gasteiger partial charge in [0.1, 0.15) is 5.82 Å². The summed E-state index contributed by atoms with van der Waals surface area (Å²) in [4.78, 5) is 16.5. The predicted octanol–water partition coefficient (Wildman–Crippen LogP) is 2.63. The summed E-state index contributed by atoms with van der Waals surface area (Å²) < 4.78 is 19.0. The fraction of sp³-hybridized carbons (Fsp3) is 0.286. The number of carbonyl (C=O) groups excluding carboxylic acids is 1. The van der Waals surface area contributed by atoms with Gasteiger partial charge in [-0.2, -0.15) is 0 Å². The Hall–Kier alpha value is -3.10. The number of amides is 1. The van der Waals surface area contributed by atoms with Gasteiger partial charge in [-0.1, -0.05) is 24.3 Å². The molecule has 0 bridgehead atoms. The van der Waals surface area contributed by atoms with E-state index in [9.17, 15) is 9.18 Å². The van der Waals surface area contributed by atoms with Crippen LogP contribution < -0.4 is 5.32 Å². The molecule has 1 fully saturated rings. The maximum atomic E-state index is 13.2. The van der Waals surface area contributed by atoms with Crippen molar-refractivity contribution in [3.63, 3.8) is 0 Å². The number of piperazine rings is 1. The van der Waals surface area contributed by atoms with E-state index in [1.165, 1.54) is 12.1 Å². The average molecular weight is 395 g/mol. The van der Waals surface area contributed by atoms with E-state index in [0.29, 0.717) is 24.0 Å². The lowest BCUT2D eigenvalue weighted by atomic mass is 10.2. The van der Waals surface area contributed by atoms with Gasteiger partial charge in [0.15, 0.2) is 0 Å². The van der Waals surface area contributed by atoms with Crippen LogP contribution in [0, 0.1) is 5.82 Å². The molecule has 4 rings (SSSR count). The van der Waals surface area contributed by atoms with Gasteiger partial charge in [-0.25, -0.2) is 4.39 Å². The van der Waals surface area contributed by atoms with E-state index in [0.717, 1.165) is 31.7 Å². The van der Waals surface area contributed by atoms with Crippen molar-refractivity contribution in [2.45, 2.75) is 6.54 Å². The first-order chi connectivity index (χ1) is 14.2. The minimum Gasteiger partial charge on any atom is -0.419 e. The molecule has 0 spiro atoms. The molecule has 1 aliphatic rings. The minimum atomic E-state index is -0.368. The molecule has 0 radical (unpaired) electrons. The zero-order chi connectivity index (χ0) is 20.1. The van der Waals surface area contributed by atoms with Crippen molar-refractivity contribution in [2.24, 2.45) is 0 Å². The summed E-state index contributed by atoms with van der Waals surface area (Å²) in [5.74, 6) is 0.593. The molecule has 0 aliphatic carbocycles. The Bertz CT molecular complexity index is 954. The highest BCUT2D eigenvalue weighted by atomic mass is 19.1. The number of nitrogens with one attached hydrogen (secondary N) is 1. The Morgan fingerprint density at radius 2 is 1.76 bits per heavy atom. The molecule has 1 saturated heterocycles. The lowest BCUT2D eigenvalue weighted by Crippen LogP contribution is -2.48. The highest BCUT2D eigenvalue weighted by Crippen LogP contribution is 2.18. The second kappa shape index (κ2) is 8.93. The van der Waals surface area contributed by atoms with Crippen LogP contribution in [0.4, 0.5) is 10.1 Å². The Balaban J connectivity index is 1.23. The fourth-order valence-corrected chi connectivity index (χ4v) is 3.28. The van der Waals surface area contributed by atoms with E-state index in [-0.39, 0.29) is 18.3 Å². The Labute approximate surface area is 168 Å². The highest BCUT2D eigenvalue weighted by molar-refractivity contribution is 5.92. The van der Waals surface area contributed by atoms with Crippen LogP contribution in [0.1, 0.15) is 5.89 Å². The molecule has 1 amide bonds. The number of hydrogen-bond donors (Lipinski definition) is 1. The summed E-state index contributed by atoms with van der Waals surface area (Å²) in [6, 6.07) is 15.6. The van der Waals surface area contributed by atoms with E-state index in [4.69, 9.17) is 4.42 Å². The zero-order valence-corrected chi connectivity index (χ0v) is 15.9. The lowest BCUT2D eigenvalue weighted by Gasteiger charge is -2.33. The molecule has 0 saturated carbocycles. The molecule has 1 aliphatic heterocycles. The number of hydrogen-bond acceptors (Lipinski definition) is 6. The molecule has 7 nitrogen and oxygen atoms in total. The molecular formula is C21H22FN5O2. The van der Waals surface area contributed by atoms with Gasteiger partial charge in [-0.3, -0.25) is 14.6 Å². The molecule has 1 aromatic heterocycles. The summed E-state index contributed by atoms with van der Waals surface area (Å²) >= 11 is 0. The number of aromatic nitrogens is 2. The SMILES string of the molecule is O=C(CN1CCN(Cc2nnc(-c3ccccc3)o2)CC1)Nc1cccc(F)c1. The van der Waals surface area contributed by atoms with Crippen LogP contribution in [-0.4, -0.2) is 58.6 Å². The molecule has 0 atom stereocenters. The van der Waals surface area contributed by atoms with Crippen molar-refractivity contribution in [1.82, 2.24) is 20.0 Å². The number of nitrogens with zero attached hydrogens (tertiary/aromatic N) is 4. The largest absolute Gasteiger partial charge is 0.419 e. The van der Waals surface area contributed by atoms with E-state index in [1.807, 2.05) is 30.3 Å². The van der Waals surface area contributed by atoms with Crippen LogP contribution in [0.5, 0.6) is 0 Å². The van der Waals surface area contributed by atoms with E-state index in [1.54, 1.807) is 12.1 Å². The molecule has 3 aromatic rings. The lowest BCUT2D eigenvalue weighted by molar-refractivity contribution is -0.117. The molecule has 1 N–H and O–H groups in total. The van der Waals surface area contributed by atoms with Crippen molar-refractivity contribution >= 4 is 11.6 Å². The van der Waals surface area contributed by atoms with Crippen LogP contribution in [-0.2, 0) is 11.3 Å². The summed E-state index contributed by atoms with van der Waals surface area (Å²) in [7, 11) is 0.